The number of aliphatic hydroxyl groups excluding tert-OH is 2. The third-order valence-corrected chi connectivity index (χ3v) is 1.51. The molecule has 0 saturated heterocycles. The van der Waals surface area contributed by atoms with E-state index in [1.54, 1.807) is 0 Å². The highest BCUT2D eigenvalue weighted by Crippen LogP contribution is 1.79. The summed E-state index contributed by atoms with van der Waals surface area (Å²) in [7, 11) is 1.31. The lowest BCUT2D eigenvalue weighted by atomic mass is 10.4. The number of hydrogen-bond donors (Lipinski definition) is 2. The highest BCUT2D eigenvalue weighted by atomic mass is 16.5. The van der Waals surface area contributed by atoms with Gasteiger partial charge in [0.15, 0.2) is 0 Å². The summed E-state index contributed by atoms with van der Waals surface area (Å²) in [6.45, 7) is 3.85. The second kappa shape index (κ2) is 22.5. The van der Waals surface area contributed by atoms with E-state index < -0.39 is 5.97 Å². The van der Waals surface area contributed by atoms with Crippen LogP contribution in [0.3, 0.4) is 0 Å². The van der Waals surface area contributed by atoms with E-state index in [1.165, 1.54) is 7.11 Å². The first-order valence-electron chi connectivity index (χ1n) is 5.72. The summed E-state index contributed by atoms with van der Waals surface area (Å²) < 4.78 is 8.77. The van der Waals surface area contributed by atoms with Crippen LogP contribution in [0.15, 0.2) is 49.1 Å². The number of rotatable bonds is 5. The Hall–Kier alpha value is -1.73. The fourth-order valence-corrected chi connectivity index (χ4v) is 0.699. The maximum absolute atomic E-state index is 9.84. The third-order valence-electron chi connectivity index (χ3n) is 1.51. The van der Waals surface area contributed by atoms with Crippen molar-refractivity contribution in [2.75, 3.05) is 33.5 Å². The van der Waals surface area contributed by atoms with Gasteiger partial charge in [0.2, 0.25) is 0 Å². The smallest absolute Gasteiger partial charge is 0.329 e. The number of methoxy groups -OCH3 is 1. The molecule has 4 N–H and O–H groups in total. The monoisotopic (exact) mass is 288 g/mol. The van der Waals surface area contributed by atoms with Crippen molar-refractivity contribution >= 4 is 5.97 Å². The van der Waals surface area contributed by atoms with E-state index in [-0.39, 0.29) is 18.7 Å². The fourth-order valence-electron chi connectivity index (χ4n) is 0.699. The largest absolute Gasteiger partial charge is 0.466 e. The standard InChI is InChI=1S/C6H6.C4H10O3.C4H6O2.H2O/c1-2-4-6-5-3-1;5-1-3-7-4-2-6;1-3-4(5)6-2;/h1-6H;5-6H,1-4H2;3H,1H2,2H3;1H2. The molecule has 1 aromatic rings. The van der Waals surface area contributed by atoms with Crippen LogP contribution >= 0.6 is 0 Å². The Balaban J connectivity index is -0.000000212. The molecule has 0 atom stereocenters. The van der Waals surface area contributed by atoms with Gasteiger partial charge in [-0.15, -0.1) is 0 Å². The Morgan fingerprint density at radius 3 is 1.55 bits per heavy atom. The zero-order valence-electron chi connectivity index (χ0n) is 11.7. The molecule has 0 amide bonds. The number of aliphatic hydroxyl groups is 2. The van der Waals surface area contributed by atoms with Crippen molar-refractivity contribution in [2.45, 2.75) is 0 Å². The lowest BCUT2D eigenvalue weighted by molar-refractivity contribution is -0.134. The molecule has 116 valence electrons. The molecular formula is C14H24O6. The van der Waals surface area contributed by atoms with Crippen molar-refractivity contribution in [3.05, 3.63) is 49.1 Å². The van der Waals surface area contributed by atoms with Crippen LogP contribution in [0, 0.1) is 0 Å². The van der Waals surface area contributed by atoms with Gasteiger partial charge in [0.25, 0.3) is 0 Å². The van der Waals surface area contributed by atoms with Gasteiger partial charge < -0.3 is 25.2 Å². The molecule has 0 aromatic heterocycles. The summed E-state index contributed by atoms with van der Waals surface area (Å²) in [5.74, 6) is -0.394. The van der Waals surface area contributed by atoms with Crippen LogP contribution in [0.4, 0.5) is 0 Å². The molecule has 0 saturated carbocycles. The summed E-state index contributed by atoms with van der Waals surface area (Å²) in [5.41, 5.74) is 0. The van der Waals surface area contributed by atoms with Gasteiger partial charge in [-0.1, -0.05) is 43.0 Å². The molecule has 0 fully saturated rings. The van der Waals surface area contributed by atoms with Crippen molar-refractivity contribution in [1.29, 1.82) is 0 Å². The van der Waals surface area contributed by atoms with Gasteiger partial charge in [-0.2, -0.15) is 0 Å². The lowest BCUT2D eigenvalue weighted by Gasteiger charge is -1.94. The Labute approximate surface area is 119 Å². The molecule has 20 heavy (non-hydrogen) atoms. The van der Waals surface area contributed by atoms with Gasteiger partial charge in [0.1, 0.15) is 0 Å². The van der Waals surface area contributed by atoms with Crippen LogP contribution in [0.1, 0.15) is 0 Å². The van der Waals surface area contributed by atoms with Crippen LogP contribution in [0.5, 0.6) is 0 Å². The van der Waals surface area contributed by atoms with Crippen LogP contribution < -0.4 is 0 Å². The first kappa shape index (κ1) is 23.4. The van der Waals surface area contributed by atoms with E-state index in [4.69, 9.17) is 10.2 Å². The predicted octanol–water partition coefficient (Wildman–Crippen LogP) is 0.195. The molecule has 0 aliphatic carbocycles. The molecular weight excluding hydrogens is 264 g/mol. The molecule has 0 aliphatic rings. The highest BCUT2D eigenvalue weighted by Gasteiger charge is 1.82. The molecule has 6 nitrogen and oxygen atoms in total. The summed E-state index contributed by atoms with van der Waals surface area (Å²) >= 11 is 0. The summed E-state index contributed by atoms with van der Waals surface area (Å²) in [6, 6.07) is 12.0. The van der Waals surface area contributed by atoms with Crippen LogP contribution in [0.25, 0.3) is 0 Å². The SMILES string of the molecule is C=CC(=O)OC.O.OCCOCCO.c1ccccc1. The van der Waals surface area contributed by atoms with Crippen molar-refractivity contribution in [2.24, 2.45) is 0 Å². The first-order chi connectivity index (χ1) is 9.22. The van der Waals surface area contributed by atoms with Gasteiger partial charge in [-0.05, 0) is 0 Å². The summed E-state index contributed by atoms with van der Waals surface area (Å²) in [5, 5.41) is 16.2. The van der Waals surface area contributed by atoms with Gasteiger partial charge >= 0.3 is 5.97 Å². The van der Waals surface area contributed by atoms with E-state index in [0.717, 1.165) is 6.08 Å². The highest BCUT2D eigenvalue weighted by molar-refractivity contribution is 5.80. The zero-order chi connectivity index (χ0) is 14.8. The molecule has 1 aromatic carbocycles. The molecule has 0 aliphatic heterocycles. The fraction of sp³-hybridized carbons (Fsp3) is 0.357. The Morgan fingerprint density at radius 1 is 1.05 bits per heavy atom. The maximum Gasteiger partial charge on any atom is 0.329 e. The quantitative estimate of drug-likeness (QED) is 0.457. The number of carbonyl (C=O) groups excluding carboxylic acids is 1. The molecule has 0 radical (unpaired) electrons. The van der Waals surface area contributed by atoms with Crippen LogP contribution in [0.2, 0.25) is 0 Å². The molecule has 0 bridgehead atoms. The van der Waals surface area contributed by atoms with E-state index >= 15 is 0 Å². The average molecular weight is 288 g/mol. The number of benzene rings is 1. The summed E-state index contributed by atoms with van der Waals surface area (Å²) in [4.78, 5) is 9.84. The number of ether oxygens (including phenoxy) is 2. The average Bonchev–Trinajstić information content (AvgIpc) is 2.50. The summed E-state index contributed by atoms with van der Waals surface area (Å²) in [6.07, 6.45) is 1.11. The van der Waals surface area contributed by atoms with Crippen LogP contribution in [-0.4, -0.2) is 55.2 Å². The van der Waals surface area contributed by atoms with Crippen molar-refractivity contribution in [3.63, 3.8) is 0 Å². The van der Waals surface area contributed by atoms with E-state index in [2.05, 4.69) is 16.1 Å². The van der Waals surface area contributed by atoms with Crippen molar-refractivity contribution in [1.82, 2.24) is 0 Å². The minimum absolute atomic E-state index is 0. The number of esters is 1. The minimum atomic E-state index is -0.394. The third kappa shape index (κ3) is 25.2. The molecule has 6 heteroatoms. The van der Waals surface area contributed by atoms with E-state index in [1.807, 2.05) is 36.4 Å². The normalized spacial score (nSPS) is 7.75. The first-order valence-corrected chi connectivity index (χ1v) is 5.72. The minimum Gasteiger partial charge on any atom is -0.466 e. The second-order valence-corrected chi connectivity index (χ2v) is 2.94. The Bertz CT molecular complexity index is 258. The predicted molar refractivity (Wildman–Crippen MR) is 77.3 cm³/mol. The van der Waals surface area contributed by atoms with E-state index in [0.29, 0.717) is 13.2 Å². The van der Waals surface area contributed by atoms with Crippen LogP contribution in [-0.2, 0) is 14.3 Å². The number of hydrogen-bond acceptors (Lipinski definition) is 5. The van der Waals surface area contributed by atoms with Crippen molar-refractivity contribution < 1.29 is 30.0 Å². The molecule has 0 unspecified atom stereocenters. The topological polar surface area (TPSA) is 107 Å². The zero-order valence-corrected chi connectivity index (χ0v) is 11.7. The second-order valence-electron chi connectivity index (χ2n) is 2.94. The molecule has 0 heterocycles. The Kier molecular flexibility index (Phi) is 26.2. The molecule has 0 spiro atoms. The van der Waals surface area contributed by atoms with Gasteiger partial charge in [0.05, 0.1) is 33.5 Å². The molecule has 1 rings (SSSR count). The van der Waals surface area contributed by atoms with Gasteiger partial charge in [-0.25, -0.2) is 4.79 Å². The van der Waals surface area contributed by atoms with E-state index in [9.17, 15) is 4.79 Å². The van der Waals surface area contributed by atoms with Gasteiger partial charge in [0, 0.05) is 6.08 Å². The van der Waals surface area contributed by atoms with Crippen molar-refractivity contribution in [3.8, 4) is 0 Å². The number of carbonyl (C=O) groups is 1. The Morgan fingerprint density at radius 2 is 1.40 bits per heavy atom. The lowest BCUT2D eigenvalue weighted by Crippen LogP contribution is -2.03. The van der Waals surface area contributed by atoms with Gasteiger partial charge in [-0.3, -0.25) is 0 Å². The maximum atomic E-state index is 9.84.